The Morgan fingerprint density at radius 2 is 2.13 bits per heavy atom. The first-order valence-electron chi connectivity index (χ1n) is 5.31. The summed E-state index contributed by atoms with van der Waals surface area (Å²) < 4.78 is 28.4. The van der Waals surface area contributed by atoms with Crippen molar-refractivity contribution in [2.75, 3.05) is 19.5 Å². The second-order valence-electron chi connectivity index (χ2n) is 3.91. The molecule has 1 rings (SSSR count). The average molecular weight is 234 g/mol. The molecule has 1 saturated carbocycles. The van der Waals surface area contributed by atoms with Gasteiger partial charge in [-0.3, -0.25) is 4.79 Å². The average Bonchev–Trinajstić information content (AvgIpc) is 2.18. The van der Waals surface area contributed by atoms with Gasteiger partial charge in [-0.1, -0.05) is 6.42 Å². The molecule has 1 unspecified atom stereocenters. The highest BCUT2D eigenvalue weighted by Crippen LogP contribution is 2.21. The first-order chi connectivity index (χ1) is 7.08. The molecular weight excluding hydrogens is 216 g/mol. The van der Waals surface area contributed by atoms with Crippen LogP contribution in [0.1, 0.15) is 32.1 Å². The zero-order valence-electron chi connectivity index (χ0n) is 9.07. The molecule has 0 aromatic carbocycles. The van der Waals surface area contributed by atoms with Crippen molar-refractivity contribution in [3.8, 4) is 0 Å². The standard InChI is InChI=1S/C10H18O4S/c1-14-7-4-8-15(12,13)10-6-3-2-5-9(10)11/h10H,2-8H2,1H3. The molecule has 88 valence electrons. The van der Waals surface area contributed by atoms with Crippen molar-refractivity contribution in [3.63, 3.8) is 0 Å². The van der Waals surface area contributed by atoms with E-state index in [-0.39, 0.29) is 11.5 Å². The van der Waals surface area contributed by atoms with Gasteiger partial charge in [-0.15, -0.1) is 0 Å². The van der Waals surface area contributed by atoms with Crippen molar-refractivity contribution in [2.45, 2.75) is 37.4 Å². The Labute approximate surface area is 90.9 Å². The highest BCUT2D eigenvalue weighted by Gasteiger charge is 2.33. The number of carbonyl (C=O) groups excluding carboxylic acids is 1. The quantitative estimate of drug-likeness (QED) is 0.664. The van der Waals surface area contributed by atoms with E-state index in [1.54, 1.807) is 7.11 Å². The van der Waals surface area contributed by atoms with E-state index < -0.39 is 15.1 Å². The zero-order chi connectivity index (χ0) is 11.3. The maximum Gasteiger partial charge on any atom is 0.160 e. The van der Waals surface area contributed by atoms with E-state index in [2.05, 4.69) is 0 Å². The highest BCUT2D eigenvalue weighted by atomic mass is 32.2. The number of ether oxygens (including phenoxy) is 1. The van der Waals surface area contributed by atoms with Crippen LogP contribution in [0.5, 0.6) is 0 Å². The van der Waals surface area contributed by atoms with Gasteiger partial charge in [-0.05, 0) is 19.3 Å². The molecule has 15 heavy (non-hydrogen) atoms. The van der Waals surface area contributed by atoms with Crippen LogP contribution in [-0.2, 0) is 19.4 Å². The highest BCUT2D eigenvalue weighted by molar-refractivity contribution is 7.92. The predicted octanol–water partition coefficient (Wildman–Crippen LogP) is 0.949. The summed E-state index contributed by atoms with van der Waals surface area (Å²) in [5.41, 5.74) is 0. The van der Waals surface area contributed by atoms with Crippen LogP contribution in [0.2, 0.25) is 0 Å². The predicted molar refractivity (Wildman–Crippen MR) is 57.5 cm³/mol. The number of Topliss-reactive ketones (excluding diaryl/α,β-unsaturated/α-hetero) is 1. The fourth-order valence-corrected chi connectivity index (χ4v) is 3.73. The zero-order valence-corrected chi connectivity index (χ0v) is 9.88. The minimum atomic E-state index is -3.23. The van der Waals surface area contributed by atoms with Crippen molar-refractivity contribution >= 4 is 15.6 Å². The Morgan fingerprint density at radius 1 is 1.40 bits per heavy atom. The molecule has 0 radical (unpaired) electrons. The van der Waals surface area contributed by atoms with Crippen molar-refractivity contribution in [1.82, 2.24) is 0 Å². The van der Waals surface area contributed by atoms with Gasteiger partial charge in [-0.2, -0.15) is 0 Å². The Hall–Kier alpha value is -0.420. The van der Waals surface area contributed by atoms with Gasteiger partial charge in [0.15, 0.2) is 15.6 Å². The van der Waals surface area contributed by atoms with Gasteiger partial charge in [-0.25, -0.2) is 8.42 Å². The number of hydrogen-bond acceptors (Lipinski definition) is 4. The smallest absolute Gasteiger partial charge is 0.160 e. The van der Waals surface area contributed by atoms with E-state index in [0.29, 0.717) is 25.9 Å². The normalized spacial score (nSPS) is 23.0. The molecule has 1 fully saturated rings. The van der Waals surface area contributed by atoms with Crippen LogP contribution in [-0.4, -0.2) is 38.9 Å². The maximum atomic E-state index is 11.8. The monoisotopic (exact) mass is 234 g/mol. The van der Waals surface area contributed by atoms with Crippen LogP contribution < -0.4 is 0 Å². The van der Waals surface area contributed by atoms with Gasteiger partial charge in [0, 0.05) is 20.1 Å². The number of carbonyl (C=O) groups is 1. The van der Waals surface area contributed by atoms with Crippen LogP contribution in [0.25, 0.3) is 0 Å². The molecule has 0 bridgehead atoms. The lowest BCUT2D eigenvalue weighted by Gasteiger charge is -2.20. The van der Waals surface area contributed by atoms with Crippen LogP contribution in [0.4, 0.5) is 0 Å². The fraction of sp³-hybridized carbons (Fsp3) is 0.900. The minimum Gasteiger partial charge on any atom is -0.385 e. The summed E-state index contributed by atoms with van der Waals surface area (Å²) in [6.45, 7) is 0.431. The third-order valence-corrected chi connectivity index (χ3v) is 4.93. The topological polar surface area (TPSA) is 60.4 Å². The first-order valence-corrected chi connectivity index (χ1v) is 7.02. The summed E-state index contributed by atoms with van der Waals surface area (Å²) in [6, 6.07) is 0. The third-order valence-electron chi connectivity index (χ3n) is 2.71. The molecule has 0 aromatic heterocycles. The van der Waals surface area contributed by atoms with Crippen molar-refractivity contribution < 1.29 is 17.9 Å². The molecule has 0 aromatic rings. The molecule has 0 N–H and O–H groups in total. The van der Waals surface area contributed by atoms with E-state index in [0.717, 1.165) is 12.8 Å². The van der Waals surface area contributed by atoms with Crippen LogP contribution in [0.3, 0.4) is 0 Å². The van der Waals surface area contributed by atoms with Crippen LogP contribution >= 0.6 is 0 Å². The van der Waals surface area contributed by atoms with E-state index in [4.69, 9.17) is 4.74 Å². The van der Waals surface area contributed by atoms with E-state index in [1.165, 1.54) is 0 Å². The summed E-state index contributed by atoms with van der Waals surface area (Å²) in [4.78, 5) is 11.5. The van der Waals surface area contributed by atoms with Crippen molar-refractivity contribution in [3.05, 3.63) is 0 Å². The summed E-state index contributed by atoms with van der Waals surface area (Å²) in [6.07, 6.45) is 3.09. The van der Waals surface area contributed by atoms with Gasteiger partial charge >= 0.3 is 0 Å². The SMILES string of the molecule is COCCCS(=O)(=O)C1CCCCC1=O. The van der Waals surface area contributed by atoms with Crippen molar-refractivity contribution in [2.24, 2.45) is 0 Å². The van der Waals surface area contributed by atoms with Gasteiger partial charge in [0.25, 0.3) is 0 Å². The summed E-state index contributed by atoms with van der Waals surface area (Å²) >= 11 is 0. The lowest BCUT2D eigenvalue weighted by Crippen LogP contribution is -2.34. The van der Waals surface area contributed by atoms with Gasteiger partial charge < -0.3 is 4.74 Å². The number of rotatable bonds is 5. The third kappa shape index (κ3) is 3.57. The largest absolute Gasteiger partial charge is 0.385 e. The summed E-state index contributed by atoms with van der Waals surface area (Å²) in [5.74, 6) is -0.0317. The van der Waals surface area contributed by atoms with E-state index in [9.17, 15) is 13.2 Å². The molecule has 5 heteroatoms. The number of sulfone groups is 1. The molecule has 4 nitrogen and oxygen atoms in total. The number of hydrogen-bond donors (Lipinski definition) is 0. The van der Waals surface area contributed by atoms with Gasteiger partial charge in [0.1, 0.15) is 5.25 Å². The molecule has 0 heterocycles. The van der Waals surface area contributed by atoms with Crippen molar-refractivity contribution in [1.29, 1.82) is 0 Å². The van der Waals surface area contributed by atoms with Gasteiger partial charge in [0.2, 0.25) is 0 Å². The molecule has 0 aliphatic heterocycles. The lowest BCUT2D eigenvalue weighted by atomic mass is 9.99. The summed E-state index contributed by atoms with van der Waals surface area (Å²) in [7, 11) is -1.69. The maximum absolute atomic E-state index is 11.8. The molecule has 1 aliphatic rings. The fourth-order valence-electron chi connectivity index (χ4n) is 1.88. The minimum absolute atomic E-state index is 0.0667. The first kappa shape index (κ1) is 12.6. The second kappa shape index (κ2) is 5.61. The molecule has 1 aliphatic carbocycles. The molecule has 0 spiro atoms. The van der Waals surface area contributed by atoms with E-state index >= 15 is 0 Å². The number of ketones is 1. The molecular formula is C10H18O4S. The second-order valence-corrected chi connectivity index (χ2v) is 6.22. The molecule has 0 amide bonds. The number of methoxy groups -OCH3 is 1. The lowest BCUT2D eigenvalue weighted by molar-refractivity contribution is -0.119. The molecule has 0 saturated heterocycles. The van der Waals surface area contributed by atoms with Gasteiger partial charge in [0.05, 0.1) is 5.75 Å². The Kier molecular flexibility index (Phi) is 4.73. The van der Waals surface area contributed by atoms with E-state index in [1.807, 2.05) is 0 Å². The molecule has 1 atom stereocenters. The Morgan fingerprint density at radius 3 is 2.73 bits per heavy atom. The summed E-state index contributed by atoms with van der Waals surface area (Å²) in [5, 5.41) is -0.733. The van der Waals surface area contributed by atoms with Crippen LogP contribution in [0.15, 0.2) is 0 Å². The van der Waals surface area contributed by atoms with Crippen LogP contribution in [0, 0.1) is 0 Å². The Bertz CT molecular complexity index is 307. The Balaban J connectivity index is 2.55.